The number of hydrogen-bond donors (Lipinski definition) is 0. The highest BCUT2D eigenvalue weighted by Gasteiger charge is 2.38. The minimum atomic E-state index is 0.789. The third kappa shape index (κ3) is 2.24. The maximum atomic E-state index is 5.08. The van der Waals surface area contributed by atoms with Crippen molar-refractivity contribution >= 4 is 11.0 Å². The maximum absolute atomic E-state index is 5.08. The molecule has 2 bridgehead atoms. The zero-order valence-corrected chi connectivity index (χ0v) is 16.0. The molecule has 0 amide bonds. The van der Waals surface area contributed by atoms with Crippen molar-refractivity contribution in [1.29, 1.82) is 0 Å². The van der Waals surface area contributed by atoms with Crippen LogP contribution >= 0.6 is 0 Å². The van der Waals surface area contributed by atoms with Crippen molar-refractivity contribution in [3.63, 3.8) is 0 Å². The summed E-state index contributed by atoms with van der Waals surface area (Å²) in [4.78, 5) is 5.08. The van der Waals surface area contributed by atoms with Gasteiger partial charge in [0.05, 0.1) is 5.56 Å². The Morgan fingerprint density at radius 3 is 2.50 bits per heavy atom. The molecule has 0 radical (unpaired) electrons. The predicted molar refractivity (Wildman–Crippen MR) is 106 cm³/mol. The number of nitrogens with zero attached hydrogens (tertiary/aromatic N) is 2. The topological polar surface area (TPSA) is 16.8 Å². The van der Waals surface area contributed by atoms with Gasteiger partial charge in [0, 0.05) is 12.5 Å². The second-order valence-electron chi connectivity index (χ2n) is 8.19. The molecule has 2 aromatic carbocycles. The molecule has 0 spiro atoms. The molecule has 1 fully saturated rings. The van der Waals surface area contributed by atoms with Crippen molar-refractivity contribution in [3.8, 4) is 11.3 Å². The average molecular weight is 343 g/mol. The third-order valence-corrected chi connectivity index (χ3v) is 6.53. The fourth-order valence-corrected chi connectivity index (χ4v) is 5.35. The average Bonchev–Trinajstić information content (AvgIpc) is 3.24. The normalized spacial score (nSPS) is 20.7. The molecular formula is C24H27N2+. The van der Waals surface area contributed by atoms with Crippen molar-refractivity contribution in [3.05, 3.63) is 58.8 Å². The standard InChI is InChI=1S/C24H27N2/c1-4-11-26-23-14-21-18-10-9-17(12-18)20(21)13-22(23)25-16(3)24(26)19-8-6-5-7-15(19)2/h5-8,13-14,17-18H,4,9-12H2,1-3H3/q+1. The molecule has 0 saturated heterocycles. The lowest BCUT2D eigenvalue weighted by atomic mass is 9.91. The second kappa shape index (κ2) is 5.90. The van der Waals surface area contributed by atoms with Gasteiger partial charge >= 0.3 is 0 Å². The summed E-state index contributed by atoms with van der Waals surface area (Å²) in [6.45, 7) is 7.69. The van der Waals surface area contributed by atoms with Gasteiger partial charge in [0.1, 0.15) is 17.8 Å². The van der Waals surface area contributed by atoms with Crippen molar-refractivity contribution in [1.82, 2.24) is 4.98 Å². The number of benzene rings is 2. The first-order valence-electron chi connectivity index (χ1n) is 10.1. The molecule has 132 valence electrons. The Balaban J connectivity index is 1.82. The second-order valence-corrected chi connectivity index (χ2v) is 8.19. The van der Waals surface area contributed by atoms with Crippen LogP contribution in [0.4, 0.5) is 0 Å². The molecule has 2 aliphatic carbocycles. The van der Waals surface area contributed by atoms with E-state index in [-0.39, 0.29) is 0 Å². The Morgan fingerprint density at radius 2 is 1.77 bits per heavy atom. The van der Waals surface area contributed by atoms with E-state index in [2.05, 4.69) is 61.7 Å². The first-order valence-corrected chi connectivity index (χ1v) is 10.1. The van der Waals surface area contributed by atoms with Crippen molar-refractivity contribution in [2.45, 2.75) is 64.8 Å². The smallest absolute Gasteiger partial charge is 0.234 e. The minimum absolute atomic E-state index is 0.789. The van der Waals surface area contributed by atoms with E-state index >= 15 is 0 Å². The van der Waals surface area contributed by atoms with E-state index < -0.39 is 0 Å². The number of aromatic nitrogens is 2. The fourth-order valence-electron chi connectivity index (χ4n) is 5.35. The molecule has 26 heavy (non-hydrogen) atoms. The summed E-state index contributed by atoms with van der Waals surface area (Å²) in [6.07, 6.45) is 5.24. The van der Waals surface area contributed by atoms with Gasteiger partial charge in [-0.15, -0.1) is 0 Å². The van der Waals surface area contributed by atoms with Crippen LogP contribution in [0.3, 0.4) is 0 Å². The van der Waals surface area contributed by atoms with Crippen LogP contribution in [-0.4, -0.2) is 4.98 Å². The largest absolute Gasteiger partial charge is 0.240 e. The Kier molecular flexibility index (Phi) is 3.63. The lowest BCUT2D eigenvalue weighted by molar-refractivity contribution is -0.661. The first kappa shape index (κ1) is 16.0. The van der Waals surface area contributed by atoms with E-state index in [4.69, 9.17) is 4.98 Å². The van der Waals surface area contributed by atoms with Gasteiger partial charge in [0.15, 0.2) is 0 Å². The Hall–Kier alpha value is -2.22. The summed E-state index contributed by atoms with van der Waals surface area (Å²) in [5.41, 5.74) is 10.8. The molecule has 2 nitrogen and oxygen atoms in total. The van der Waals surface area contributed by atoms with Gasteiger partial charge in [-0.05, 0) is 73.8 Å². The number of aryl methyl sites for hydroxylation is 3. The summed E-state index contributed by atoms with van der Waals surface area (Å²) in [5.74, 6) is 1.58. The van der Waals surface area contributed by atoms with Crippen LogP contribution in [0.15, 0.2) is 36.4 Å². The van der Waals surface area contributed by atoms with E-state index in [1.807, 2.05) is 0 Å². The summed E-state index contributed by atoms with van der Waals surface area (Å²) < 4.78 is 2.53. The van der Waals surface area contributed by atoms with Crippen LogP contribution in [0.1, 0.15) is 66.8 Å². The highest BCUT2D eigenvalue weighted by atomic mass is 15.0. The molecule has 2 aliphatic rings. The molecule has 0 N–H and O–H groups in total. The van der Waals surface area contributed by atoms with Gasteiger partial charge in [-0.2, -0.15) is 4.57 Å². The highest BCUT2D eigenvalue weighted by Crippen LogP contribution is 2.53. The molecule has 2 atom stereocenters. The molecule has 2 unspecified atom stereocenters. The lowest BCUT2D eigenvalue weighted by Gasteiger charge is -2.17. The Labute approximate surface area is 155 Å². The molecule has 0 aliphatic heterocycles. The van der Waals surface area contributed by atoms with Crippen LogP contribution in [-0.2, 0) is 6.54 Å². The van der Waals surface area contributed by atoms with Crippen molar-refractivity contribution < 1.29 is 4.57 Å². The van der Waals surface area contributed by atoms with E-state index in [1.54, 1.807) is 11.1 Å². The minimum Gasteiger partial charge on any atom is -0.240 e. The number of rotatable bonds is 3. The van der Waals surface area contributed by atoms with Gasteiger partial charge in [0.2, 0.25) is 11.2 Å². The molecule has 1 aromatic heterocycles. The van der Waals surface area contributed by atoms with Crippen molar-refractivity contribution in [2.24, 2.45) is 0 Å². The summed E-state index contributed by atoms with van der Waals surface area (Å²) in [6, 6.07) is 13.6. The van der Waals surface area contributed by atoms with Crippen LogP contribution in [0.2, 0.25) is 0 Å². The predicted octanol–water partition coefficient (Wildman–Crippen LogP) is 5.58. The Morgan fingerprint density at radius 1 is 1.04 bits per heavy atom. The van der Waals surface area contributed by atoms with Crippen LogP contribution in [0, 0.1) is 13.8 Å². The van der Waals surface area contributed by atoms with Crippen molar-refractivity contribution in [2.75, 3.05) is 0 Å². The van der Waals surface area contributed by atoms with E-state index in [0.717, 1.165) is 30.5 Å². The highest BCUT2D eigenvalue weighted by molar-refractivity contribution is 5.77. The fraction of sp³-hybridized carbons (Fsp3) is 0.417. The number of fused-ring (bicyclic) bond motifs is 6. The summed E-state index contributed by atoms with van der Waals surface area (Å²) >= 11 is 0. The Bertz CT molecular complexity index is 1020. The van der Waals surface area contributed by atoms with E-state index in [1.165, 1.54) is 47.1 Å². The summed E-state index contributed by atoms with van der Waals surface area (Å²) in [7, 11) is 0. The molecular weight excluding hydrogens is 316 g/mol. The molecule has 5 rings (SSSR count). The van der Waals surface area contributed by atoms with Crippen LogP contribution < -0.4 is 4.57 Å². The van der Waals surface area contributed by atoms with E-state index in [9.17, 15) is 0 Å². The zero-order chi connectivity index (χ0) is 17.8. The molecule has 2 heteroatoms. The third-order valence-electron chi connectivity index (χ3n) is 6.53. The monoisotopic (exact) mass is 343 g/mol. The van der Waals surface area contributed by atoms with Crippen LogP contribution in [0.5, 0.6) is 0 Å². The van der Waals surface area contributed by atoms with Gasteiger partial charge in [-0.1, -0.05) is 25.1 Å². The molecule has 1 heterocycles. The lowest BCUT2D eigenvalue weighted by Crippen LogP contribution is -2.39. The van der Waals surface area contributed by atoms with Gasteiger partial charge in [0.25, 0.3) is 0 Å². The zero-order valence-electron chi connectivity index (χ0n) is 16.0. The quantitative estimate of drug-likeness (QED) is 0.567. The summed E-state index contributed by atoms with van der Waals surface area (Å²) in [5, 5.41) is 0. The first-order chi connectivity index (χ1) is 12.7. The van der Waals surface area contributed by atoms with Crippen LogP contribution in [0.25, 0.3) is 22.3 Å². The SMILES string of the molecule is CCC[n+]1c(-c2ccccc2C)c(C)nc2cc3c(cc21)C1CCC3C1. The maximum Gasteiger partial charge on any atom is 0.234 e. The van der Waals surface area contributed by atoms with E-state index in [0.29, 0.717) is 0 Å². The number of hydrogen-bond acceptors (Lipinski definition) is 1. The van der Waals surface area contributed by atoms with Gasteiger partial charge in [-0.3, -0.25) is 0 Å². The molecule has 3 aromatic rings. The molecule has 1 saturated carbocycles. The van der Waals surface area contributed by atoms with Gasteiger partial charge < -0.3 is 0 Å². The van der Waals surface area contributed by atoms with Gasteiger partial charge in [-0.25, -0.2) is 4.98 Å².